The summed E-state index contributed by atoms with van der Waals surface area (Å²) in [6.45, 7) is 0. The lowest BCUT2D eigenvalue weighted by Gasteiger charge is -2.19. The molecule has 0 nitrogen and oxygen atoms in total. The van der Waals surface area contributed by atoms with Crippen LogP contribution in [-0.4, -0.2) is 20.8 Å². The highest BCUT2D eigenvalue weighted by molar-refractivity contribution is 7.65. The number of rotatable bonds is 5. The van der Waals surface area contributed by atoms with Gasteiger partial charge < -0.3 is 0 Å². The summed E-state index contributed by atoms with van der Waals surface area (Å²) in [6.07, 6.45) is 0. The molecular formula is C3H7Cl7Si3. The Morgan fingerprint density at radius 3 is 1.69 bits per heavy atom. The van der Waals surface area contributed by atoms with Gasteiger partial charge in [0.15, 0.2) is 0 Å². The molecule has 1 atom stereocenters. The van der Waals surface area contributed by atoms with Gasteiger partial charge >= 0.3 is 6.00 Å². The van der Waals surface area contributed by atoms with Crippen LogP contribution in [0.5, 0.6) is 0 Å². The molecule has 0 N–H and O–H groups in total. The molecular weight excluding hydrogens is 368 g/mol. The largest absolute Gasteiger partial charge is 0.341 e. The van der Waals surface area contributed by atoms with Crippen LogP contribution in [0.4, 0.5) is 0 Å². The van der Waals surface area contributed by atoms with Gasteiger partial charge in [-0.15, -0.1) is 33.2 Å². The third-order valence-electron chi connectivity index (χ3n) is 1.33. The van der Waals surface area contributed by atoms with E-state index in [0.29, 0.717) is 12.1 Å². The predicted octanol–water partition coefficient (Wildman–Crippen LogP) is 4.41. The van der Waals surface area contributed by atoms with Crippen molar-refractivity contribution in [3.05, 3.63) is 0 Å². The third-order valence-corrected chi connectivity index (χ3v) is 10.1. The first-order chi connectivity index (χ1) is 5.72. The van der Waals surface area contributed by atoms with Gasteiger partial charge in [-0.2, -0.15) is 44.3 Å². The molecule has 0 heterocycles. The molecule has 0 saturated carbocycles. The molecule has 80 valence electrons. The molecule has 0 fully saturated rings. The minimum atomic E-state index is -2.66. The van der Waals surface area contributed by atoms with E-state index in [1.807, 2.05) is 0 Å². The maximum absolute atomic E-state index is 5.85. The summed E-state index contributed by atoms with van der Waals surface area (Å²) >= 11 is 40.5. The van der Waals surface area contributed by atoms with Gasteiger partial charge in [0.2, 0.25) is 14.8 Å². The smallest absolute Gasteiger partial charge is 0.150 e. The average Bonchev–Trinajstić information content (AvgIpc) is 1.81. The maximum Gasteiger partial charge on any atom is 0.341 e. The molecule has 0 aromatic heterocycles. The highest BCUT2D eigenvalue weighted by Crippen LogP contribution is 2.39. The fraction of sp³-hybridized carbons (Fsp3) is 1.00. The fourth-order valence-electron chi connectivity index (χ4n) is 0.801. The van der Waals surface area contributed by atoms with E-state index in [-0.39, 0.29) is 5.54 Å². The fourth-order valence-corrected chi connectivity index (χ4v) is 14.9. The quantitative estimate of drug-likeness (QED) is 0.493. The van der Waals surface area contributed by atoms with E-state index in [0.717, 1.165) is 0 Å². The highest BCUT2D eigenvalue weighted by atomic mass is 35.8. The Hall–Kier alpha value is 2.68. The second-order valence-corrected chi connectivity index (χ2v) is 21.9. The van der Waals surface area contributed by atoms with Crippen molar-refractivity contribution in [3.8, 4) is 0 Å². The first kappa shape index (κ1) is 15.7. The zero-order valence-electron chi connectivity index (χ0n) is 6.29. The number of hydrogen-bond donors (Lipinski definition) is 0. The van der Waals surface area contributed by atoms with Crippen molar-refractivity contribution in [2.75, 3.05) is 0 Å². The first-order valence-corrected chi connectivity index (χ1v) is 17.1. The van der Waals surface area contributed by atoms with E-state index in [2.05, 4.69) is 0 Å². The molecule has 0 aromatic carbocycles. The average molecular weight is 376 g/mol. The topological polar surface area (TPSA) is 0 Å². The molecule has 13 heavy (non-hydrogen) atoms. The molecule has 0 rings (SSSR count). The molecule has 0 aliphatic rings. The van der Waals surface area contributed by atoms with Crippen LogP contribution in [0.3, 0.4) is 0 Å². The van der Waals surface area contributed by atoms with Crippen molar-refractivity contribution in [3.63, 3.8) is 0 Å². The molecule has 10 heteroatoms. The third kappa shape index (κ3) is 9.60. The van der Waals surface area contributed by atoms with Gasteiger partial charge in [0.25, 0.3) is 0 Å². The zero-order valence-corrected chi connectivity index (χ0v) is 14.9. The van der Waals surface area contributed by atoms with Crippen LogP contribution < -0.4 is 0 Å². The molecule has 1 unspecified atom stereocenters. The zero-order chi connectivity index (χ0) is 10.6. The van der Waals surface area contributed by atoms with Crippen molar-refractivity contribution in [1.82, 2.24) is 0 Å². The van der Waals surface area contributed by atoms with Crippen LogP contribution in [0.15, 0.2) is 0 Å². The van der Waals surface area contributed by atoms with Crippen LogP contribution in [0.1, 0.15) is 0 Å². The summed E-state index contributed by atoms with van der Waals surface area (Å²) in [7, 11) is -3.57. The Balaban J connectivity index is 4.11. The van der Waals surface area contributed by atoms with Crippen LogP contribution in [0, 0.1) is 0 Å². The first-order valence-electron chi connectivity index (χ1n) is 3.35. The number of halogens is 7. The van der Waals surface area contributed by atoms with Crippen LogP contribution in [-0.2, 0) is 0 Å². The molecule has 0 aliphatic heterocycles. The Bertz CT molecular complexity index is 144. The molecule has 0 amide bonds. The monoisotopic (exact) mass is 372 g/mol. The van der Waals surface area contributed by atoms with Crippen molar-refractivity contribution in [2.45, 2.75) is 17.6 Å². The SMILES string of the molecule is Cl[SiH](Cl)CC(C[Si](Cl)(Cl)Cl)[SiH](Cl)Cl. The molecule has 0 aromatic rings. The Morgan fingerprint density at radius 2 is 1.46 bits per heavy atom. The van der Waals surface area contributed by atoms with Gasteiger partial charge in [-0.05, 0) is 17.6 Å². The van der Waals surface area contributed by atoms with E-state index in [1.165, 1.54) is 0 Å². The number of hydrogen-bond acceptors (Lipinski definition) is 0. The molecule has 0 radical (unpaired) electrons. The van der Waals surface area contributed by atoms with Gasteiger partial charge in [-0.25, -0.2) is 0 Å². The van der Waals surface area contributed by atoms with Gasteiger partial charge in [-0.1, -0.05) is 0 Å². The summed E-state index contributed by atoms with van der Waals surface area (Å²) in [5, 5.41) is 0. The van der Waals surface area contributed by atoms with Gasteiger partial charge in [0, 0.05) is 0 Å². The second kappa shape index (κ2) is 7.09. The minimum absolute atomic E-state index is 0.0363. The molecule has 0 bridgehead atoms. The highest BCUT2D eigenvalue weighted by Gasteiger charge is 2.34. The summed E-state index contributed by atoms with van der Waals surface area (Å²) in [5.74, 6) is 0. The van der Waals surface area contributed by atoms with Crippen LogP contribution >= 0.6 is 77.6 Å². The van der Waals surface area contributed by atoms with Gasteiger partial charge in [0.05, 0.1) is 0 Å². The van der Waals surface area contributed by atoms with Crippen molar-refractivity contribution >= 4 is 98.4 Å². The lowest BCUT2D eigenvalue weighted by Crippen LogP contribution is -2.20. The molecule has 0 saturated heterocycles. The maximum atomic E-state index is 5.85. The predicted molar refractivity (Wildman–Crippen MR) is 74.4 cm³/mol. The summed E-state index contributed by atoms with van der Waals surface area (Å²) in [4.78, 5) is 0. The lowest BCUT2D eigenvalue weighted by atomic mass is 10.5. The lowest BCUT2D eigenvalue weighted by molar-refractivity contribution is 1.04. The Morgan fingerprint density at radius 1 is 1.00 bits per heavy atom. The Labute approximate surface area is 115 Å². The van der Waals surface area contributed by atoms with Gasteiger partial charge in [0.1, 0.15) is 0 Å². The molecule has 0 aliphatic carbocycles. The van der Waals surface area contributed by atoms with Crippen LogP contribution in [0.25, 0.3) is 0 Å². The van der Waals surface area contributed by atoms with E-state index in [4.69, 9.17) is 77.6 Å². The van der Waals surface area contributed by atoms with E-state index in [1.54, 1.807) is 0 Å². The van der Waals surface area contributed by atoms with E-state index < -0.39 is 20.8 Å². The normalized spacial score (nSPS) is 15.5. The van der Waals surface area contributed by atoms with Crippen molar-refractivity contribution in [1.29, 1.82) is 0 Å². The van der Waals surface area contributed by atoms with Crippen LogP contribution in [0.2, 0.25) is 17.6 Å². The standard InChI is InChI=1S/C3H7Cl7Si3/c4-11(5)1-3(12(6)7)2-13(8,9)10/h3,11-12H,1-2H2. The van der Waals surface area contributed by atoms with Gasteiger partial charge in [-0.3, -0.25) is 0 Å². The molecule has 0 spiro atoms. The van der Waals surface area contributed by atoms with Crippen molar-refractivity contribution in [2.24, 2.45) is 0 Å². The summed E-state index contributed by atoms with van der Waals surface area (Å²) in [6, 6.07) is -1.57. The minimum Gasteiger partial charge on any atom is -0.150 e. The summed E-state index contributed by atoms with van der Waals surface area (Å²) < 4.78 is 0. The van der Waals surface area contributed by atoms with E-state index >= 15 is 0 Å². The second-order valence-electron chi connectivity index (χ2n) is 2.54. The Kier molecular flexibility index (Phi) is 8.56. The van der Waals surface area contributed by atoms with E-state index in [9.17, 15) is 0 Å². The summed E-state index contributed by atoms with van der Waals surface area (Å²) in [5.41, 5.74) is 0.0363. The van der Waals surface area contributed by atoms with Crippen molar-refractivity contribution < 1.29 is 0 Å².